The average molecular weight is 1310 g/mol. The van der Waals surface area contributed by atoms with Crippen molar-refractivity contribution < 1.29 is 62.6 Å². The number of hydrogen-bond donors (Lipinski definition) is 17. The molecule has 4 rings (SSSR count). The van der Waals surface area contributed by atoms with Crippen molar-refractivity contribution in [3.05, 3.63) is 36.4 Å². The van der Waals surface area contributed by atoms with E-state index in [0.717, 1.165) is 0 Å². The SMILES string of the molecule is CC[C@H](C)[C@H](NC(=O)[C@@H]1CCCN1C(=O)[C@H](Cc1cnc[nH]1)NC(=O)[C@H](CCCCN)NC(=O)[C@@H]1CCCN1C(=O)[C@@H](N)CCCN=C(N)N)C(=O)N[C@@H](CCCCN)C(=O)N[C@@H](Cc1cnc[nH]1)C(=O)N[C@@H](CCC(N)=O)C(=O)NCC(=O)N[C@@H](CC(C)C)C(=O)O. The number of rotatable bonds is 42. The molecule has 0 spiro atoms. The van der Waals surface area contributed by atoms with E-state index in [1.54, 1.807) is 27.7 Å². The predicted molar refractivity (Wildman–Crippen MR) is 339 cm³/mol. The molecule has 0 radical (unpaired) electrons. The predicted octanol–water partition coefficient (Wildman–Crippen LogP) is -4.51. The van der Waals surface area contributed by atoms with Gasteiger partial charge in [0.2, 0.25) is 65.0 Å². The van der Waals surface area contributed by atoms with Gasteiger partial charge in [-0.15, -0.1) is 0 Å². The molecule has 2 saturated heterocycles. The van der Waals surface area contributed by atoms with Crippen LogP contribution < -0.4 is 76.9 Å². The Morgan fingerprint density at radius 2 is 1.12 bits per heavy atom. The third kappa shape index (κ3) is 25.7. The molecule has 4 heterocycles. The number of guanidine groups is 1. The van der Waals surface area contributed by atoms with Gasteiger partial charge in [0, 0.05) is 62.7 Å². The molecule has 11 amide bonds. The van der Waals surface area contributed by atoms with Crippen LogP contribution in [0.25, 0.3) is 0 Å². The fourth-order valence-electron chi connectivity index (χ4n) is 10.9. The fraction of sp³-hybridized carbons (Fsp3) is 0.678. The molecule has 34 heteroatoms. The van der Waals surface area contributed by atoms with E-state index in [-0.39, 0.29) is 89.4 Å². The monoisotopic (exact) mass is 1310 g/mol. The van der Waals surface area contributed by atoms with E-state index >= 15 is 0 Å². The lowest BCUT2D eigenvalue weighted by Gasteiger charge is -2.32. The highest BCUT2D eigenvalue weighted by atomic mass is 16.4. The Morgan fingerprint density at radius 3 is 1.63 bits per heavy atom. The summed E-state index contributed by atoms with van der Waals surface area (Å²) in [7, 11) is 0. The van der Waals surface area contributed by atoms with Crippen molar-refractivity contribution in [3.8, 4) is 0 Å². The van der Waals surface area contributed by atoms with Crippen LogP contribution in [-0.4, -0.2) is 211 Å². The smallest absolute Gasteiger partial charge is 0.326 e. The van der Waals surface area contributed by atoms with Crippen LogP contribution in [-0.2, 0) is 70.4 Å². The molecule has 0 aromatic carbocycles. The molecule has 0 unspecified atom stereocenters. The molecule has 0 saturated carbocycles. The van der Waals surface area contributed by atoms with E-state index in [4.69, 9.17) is 34.4 Å². The number of carbonyl (C=O) groups is 12. The van der Waals surface area contributed by atoms with Crippen LogP contribution in [0.4, 0.5) is 0 Å². The molecule has 34 nitrogen and oxygen atoms in total. The van der Waals surface area contributed by atoms with Gasteiger partial charge >= 0.3 is 5.97 Å². The van der Waals surface area contributed by atoms with E-state index in [2.05, 4.69) is 67.5 Å². The van der Waals surface area contributed by atoms with Crippen LogP contribution in [0.5, 0.6) is 0 Å². The van der Waals surface area contributed by atoms with Crippen LogP contribution in [0.3, 0.4) is 0 Å². The van der Waals surface area contributed by atoms with E-state index in [1.165, 1.54) is 34.8 Å². The zero-order valence-corrected chi connectivity index (χ0v) is 53.8. The van der Waals surface area contributed by atoms with Crippen molar-refractivity contribution in [2.45, 2.75) is 204 Å². The summed E-state index contributed by atoms with van der Waals surface area (Å²) in [6, 6.07) is -12.4. The summed E-state index contributed by atoms with van der Waals surface area (Å²) in [6.07, 6.45) is 8.78. The largest absolute Gasteiger partial charge is 0.480 e. The van der Waals surface area contributed by atoms with Gasteiger partial charge in [-0.05, 0) is 115 Å². The molecule has 11 atom stereocenters. The van der Waals surface area contributed by atoms with Crippen LogP contribution in [0.1, 0.15) is 142 Å². The van der Waals surface area contributed by atoms with Gasteiger partial charge in [-0.1, -0.05) is 34.1 Å². The Morgan fingerprint density at radius 1 is 0.613 bits per heavy atom. The standard InChI is InChI=1S/C59H99N21O13/c1-5-34(4)48(55(89)75-39(15-7-9-21-61)50(84)76-41(26-35-28-66-31-70-35)52(86)73-40(18-19-46(63)81)49(83)69-30-47(82)72-43(58(92)93)25-33(2)3)78-54(88)45-17-12-24-80(45)57(91)42(27-36-29-67-32-71-36)77-51(85)38(14-6-8-20-60)74-53(87)44-16-11-23-79(44)56(90)37(62)13-10-22-68-59(64)65/h28-29,31-34,37-45,48H,5-27,30,60-62H2,1-4H3,(H2,63,81)(H,66,70)(H,67,71)(H,69,83)(H,72,82)(H,73,86)(H,74,87)(H,75,89)(H,76,84)(H,77,85)(H,78,88)(H,92,93)(H4,64,65,68)/t34-,37-,38-,39-,40-,41-,42-,43-,44-,45-,48-/m0/s1. The van der Waals surface area contributed by atoms with Gasteiger partial charge in [0.1, 0.15) is 54.4 Å². The number of carbonyl (C=O) groups excluding carboxylic acids is 11. The molecule has 518 valence electrons. The number of aliphatic carboxylic acids is 1. The number of aliphatic imine (C=N–C) groups is 1. The number of aromatic nitrogens is 4. The first kappa shape index (κ1) is 76.7. The maximum atomic E-state index is 14.9. The van der Waals surface area contributed by atoms with Crippen molar-refractivity contribution in [2.75, 3.05) is 39.3 Å². The summed E-state index contributed by atoms with van der Waals surface area (Å²) in [5.41, 5.74) is 35.0. The Kier molecular flexibility index (Phi) is 32.6. The quantitative estimate of drug-likeness (QED) is 0.0169. The number of unbranched alkanes of at least 4 members (excludes halogenated alkanes) is 2. The molecule has 23 N–H and O–H groups in total. The number of likely N-dealkylation sites (tertiary alicyclic amines) is 2. The second kappa shape index (κ2) is 39.6. The summed E-state index contributed by atoms with van der Waals surface area (Å²) in [4.78, 5) is 186. The topological polar surface area (TPSA) is 554 Å². The number of nitrogens with zero attached hydrogens (tertiary/aromatic N) is 5. The van der Waals surface area contributed by atoms with Gasteiger partial charge in [-0.25, -0.2) is 14.8 Å². The number of carboxylic acid groups (broad SMARTS) is 1. The third-order valence-electron chi connectivity index (χ3n) is 16.2. The van der Waals surface area contributed by atoms with Gasteiger partial charge < -0.3 is 102 Å². The fourth-order valence-corrected chi connectivity index (χ4v) is 10.9. The van der Waals surface area contributed by atoms with E-state index < -0.39 is 150 Å². The third-order valence-corrected chi connectivity index (χ3v) is 16.2. The van der Waals surface area contributed by atoms with Crippen molar-refractivity contribution in [3.63, 3.8) is 0 Å². The number of amides is 11. The molecule has 2 aromatic heterocycles. The van der Waals surface area contributed by atoms with E-state index in [1.807, 2.05) is 0 Å². The molecule has 2 aliphatic rings. The number of H-pyrrole nitrogens is 2. The Hall–Kier alpha value is -8.79. The molecule has 2 fully saturated rings. The van der Waals surface area contributed by atoms with E-state index in [0.29, 0.717) is 75.7 Å². The van der Waals surface area contributed by atoms with Gasteiger partial charge in [0.25, 0.3) is 0 Å². The van der Waals surface area contributed by atoms with Crippen molar-refractivity contribution >= 4 is 76.9 Å². The molecule has 2 aromatic rings. The summed E-state index contributed by atoms with van der Waals surface area (Å²) in [6.45, 7) is 7.48. The first-order valence-electron chi connectivity index (χ1n) is 32.0. The summed E-state index contributed by atoms with van der Waals surface area (Å²) in [5.74, 6) is -10.2. The average Bonchev–Trinajstić information content (AvgIpc) is 1.69. The minimum Gasteiger partial charge on any atom is -0.480 e. The molecule has 0 aliphatic carbocycles. The number of carboxylic acids is 1. The molecular formula is C59H99N21O13. The van der Waals surface area contributed by atoms with Crippen LogP contribution in [0.15, 0.2) is 30.0 Å². The van der Waals surface area contributed by atoms with Crippen molar-refractivity contribution in [1.29, 1.82) is 0 Å². The minimum atomic E-state index is -1.50. The lowest BCUT2D eigenvalue weighted by atomic mass is 9.96. The van der Waals surface area contributed by atoms with Crippen molar-refractivity contribution in [2.24, 2.45) is 51.2 Å². The zero-order chi connectivity index (χ0) is 68.7. The molecular weight excluding hydrogens is 1210 g/mol. The lowest BCUT2D eigenvalue weighted by Crippen LogP contribution is -2.61. The molecule has 2 aliphatic heterocycles. The number of imidazole rings is 2. The number of nitrogens with one attached hydrogen (secondary N) is 10. The first-order chi connectivity index (χ1) is 44.3. The van der Waals surface area contributed by atoms with Gasteiger partial charge in [0.15, 0.2) is 5.96 Å². The highest BCUT2D eigenvalue weighted by molar-refractivity contribution is 5.99. The van der Waals surface area contributed by atoms with Crippen LogP contribution in [0.2, 0.25) is 0 Å². The van der Waals surface area contributed by atoms with Gasteiger partial charge in [0.05, 0.1) is 25.2 Å². The summed E-state index contributed by atoms with van der Waals surface area (Å²) >= 11 is 0. The zero-order valence-electron chi connectivity index (χ0n) is 53.8. The summed E-state index contributed by atoms with van der Waals surface area (Å²) < 4.78 is 0. The van der Waals surface area contributed by atoms with Gasteiger partial charge in [-0.2, -0.15) is 0 Å². The summed E-state index contributed by atoms with van der Waals surface area (Å²) in [5, 5.41) is 30.7. The minimum absolute atomic E-state index is 0.00289. The molecule has 93 heavy (non-hydrogen) atoms. The maximum Gasteiger partial charge on any atom is 0.326 e. The Bertz CT molecular complexity index is 2820. The second-order valence-corrected chi connectivity index (χ2v) is 24.1. The Balaban J connectivity index is 1.54. The van der Waals surface area contributed by atoms with Crippen LogP contribution >= 0.6 is 0 Å². The maximum absolute atomic E-state index is 14.9. The number of hydrogen-bond acceptors (Lipinski definition) is 18. The van der Waals surface area contributed by atoms with Crippen molar-refractivity contribution in [1.82, 2.24) is 72.3 Å². The van der Waals surface area contributed by atoms with E-state index in [9.17, 15) is 62.6 Å². The van der Waals surface area contributed by atoms with Crippen LogP contribution in [0, 0.1) is 11.8 Å². The number of nitrogens with two attached hydrogens (primary N) is 6. The number of primary amides is 1. The molecule has 0 bridgehead atoms. The normalized spacial score (nSPS) is 17.4. The first-order valence-corrected chi connectivity index (χ1v) is 32.0. The lowest BCUT2D eigenvalue weighted by molar-refractivity contribution is -0.143. The van der Waals surface area contributed by atoms with Gasteiger partial charge in [-0.3, -0.25) is 57.7 Å². The Labute approximate surface area is 540 Å². The number of aromatic amines is 2. The highest BCUT2D eigenvalue weighted by Crippen LogP contribution is 2.23. The highest BCUT2D eigenvalue weighted by Gasteiger charge is 2.43. The second-order valence-electron chi connectivity index (χ2n) is 24.1.